The number of nitrogens with one attached hydrogen (secondary N) is 1. The SMILES string of the molecule is CC(O)C(=O)N1CCN(CC(=O)c2c[nH]c3ccccc23)CC1. The molecule has 6 heteroatoms. The van der Waals surface area contributed by atoms with Crippen molar-refractivity contribution >= 4 is 22.6 Å². The highest BCUT2D eigenvalue weighted by Gasteiger charge is 2.25. The number of rotatable bonds is 4. The van der Waals surface area contributed by atoms with Gasteiger partial charge < -0.3 is 15.0 Å². The minimum atomic E-state index is -0.964. The molecule has 2 aromatic rings. The van der Waals surface area contributed by atoms with Gasteiger partial charge in [-0.15, -0.1) is 0 Å². The van der Waals surface area contributed by atoms with Gasteiger partial charge >= 0.3 is 0 Å². The van der Waals surface area contributed by atoms with Crippen molar-refractivity contribution in [2.45, 2.75) is 13.0 Å². The van der Waals surface area contributed by atoms with Crippen LogP contribution < -0.4 is 0 Å². The van der Waals surface area contributed by atoms with E-state index in [1.807, 2.05) is 24.3 Å². The number of aromatic nitrogens is 1. The zero-order valence-electron chi connectivity index (χ0n) is 13.2. The van der Waals surface area contributed by atoms with Crippen LogP contribution in [-0.2, 0) is 4.79 Å². The molecule has 1 fully saturated rings. The lowest BCUT2D eigenvalue weighted by atomic mass is 10.1. The van der Waals surface area contributed by atoms with E-state index in [0.29, 0.717) is 38.3 Å². The number of benzene rings is 1. The molecule has 3 rings (SSSR count). The Balaban J connectivity index is 1.61. The Hall–Kier alpha value is -2.18. The summed E-state index contributed by atoms with van der Waals surface area (Å²) in [7, 11) is 0. The number of ketones is 1. The van der Waals surface area contributed by atoms with E-state index in [9.17, 15) is 14.7 Å². The molecular weight excluding hydrogens is 294 g/mol. The molecule has 0 radical (unpaired) electrons. The summed E-state index contributed by atoms with van der Waals surface area (Å²) in [5.74, 6) is -0.162. The Morgan fingerprint density at radius 2 is 1.91 bits per heavy atom. The Kier molecular flexibility index (Phi) is 4.45. The number of hydrogen-bond donors (Lipinski definition) is 2. The van der Waals surface area contributed by atoms with Crippen LogP contribution in [0.3, 0.4) is 0 Å². The van der Waals surface area contributed by atoms with Gasteiger partial charge in [-0.25, -0.2) is 0 Å². The molecule has 6 nitrogen and oxygen atoms in total. The fourth-order valence-corrected chi connectivity index (χ4v) is 2.98. The quantitative estimate of drug-likeness (QED) is 0.821. The second kappa shape index (κ2) is 6.52. The molecule has 1 aromatic carbocycles. The average Bonchev–Trinajstić information content (AvgIpc) is 2.99. The molecule has 23 heavy (non-hydrogen) atoms. The molecule has 122 valence electrons. The van der Waals surface area contributed by atoms with E-state index < -0.39 is 6.10 Å². The molecule has 0 saturated carbocycles. The van der Waals surface area contributed by atoms with Crippen LogP contribution >= 0.6 is 0 Å². The van der Waals surface area contributed by atoms with E-state index in [4.69, 9.17) is 0 Å². The van der Waals surface area contributed by atoms with Crippen molar-refractivity contribution in [3.63, 3.8) is 0 Å². The van der Waals surface area contributed by atoms with Crippen molar-refractivity contribution in [3.8, 4) is 0 Å². The molecule has 0 aliphatic carbocycles. The zero-order valence-corrected chi connectivity index (χ0v) is 13.2. The molecule has 0 bridgehead atoms. The maximum Gasteiger partial charge on any atom is 0.251 e. The molecule has 1 unspecified atom stereocenters. The third kappa shape index (κ3) is 3.28. The second-order valence-electron chi connectivity index (χ2n) is 5.95. The monoisotopic (exact) mass is 315 g/mol. The zero-order chi connectivity index (χ0) is 16.4. The number of amides is 1. The lowest BCUT2D eigenvalue weighted by Crippen LogP contribution is -2.51. The minimum absolute atomic E-state index is 0.0813. The van der Waals surface area contributed by atoms with Gasteiger partial charge in [0.1, 0.15) is 6.10 Å². The molecule has 1 aromatic heterocycles. The molecule has 1 aliphatic rings. The summed E-state index contributed by atoms with van der Waals surface area (Å²) < 4.78 is 0. The first kappa shape index (κ1) is 15.7. The molecular formula is C17H21N3O3. The van der Waals surface area contributed by atoms with Crippen LogP contribution in [0.1, 0.15) is 17.3 Å². The van der Waals surface area contributed by atoms with Crippen molar-refractivity contribution in [1.82, 2.24) is 14.8 Å². The fraction of sp³-hybridized carbons (Fsp3) is 0.412. The predicted molar refractivity (Wildman–Crippen MR) is 87.3 cm³/mol. The number of piperazine rings is 1. The van der Waals surface area contributed by atoms with Crippen molar-refractivity contribution in [1.29, 1.82) is 0 Å². The highest BCUT2D eigenvalue weighted by atomic mass is 16.3. The Labute approximate surface area is 134 Å². The maximum atomic E-state index is 12.5. The number of Topliss-reactive ketones (excluding diaryl/α,β-unsaturated/α-hetero) is 1. The highest BCUT2D eigenvalue weighted by molar-refractivity contribution is 6.08. The summed E-state index contributed by atoms with van der Waals surface area (Å²) in [4.78, 5) is 31.1. The van der Waals surface area contributed by atoms with Gasteiger partial charge in [0.05, 0.1) is 6.54 Å². The van der Waals surface area contributed by atoms with E-state index in [2.05, 4.69) is 9.88 Å². The Morgan fingerprint density at radius 1 is 1.22 bits per heavy atom. The van der Waals surface area contributed by atoms with Crippen LogP contribution in [0.5, 0.6) is 0 Å². The van der Waals surface area contributed by atoms with Crippen LogP contribution in [0.25, 0.3) is 10.9 Å². The van der Waals surface area contributed by atoms with E-state index >= 15 is 0 Å². The van der Waals surface area contributed by atoms with Crippen LogP contribution in [0.2, 0.25) is 0 Å². The number of fused-ring (bicyclic) bond motifs is 1. The molecule has 0 spiro atoms. The number of para-hydroxylation sites is 1. The number of aliphatic hydroxyl groups excluding tert-OH is 1. The van der Waals surface area contributed by atoms with Gasteiger partial charge in [-0.2, -0.15) is 0 Å². The number of nitrogens with zero attached hydrogens (tertiary/aromatic N) is 2. The number of carbonyl (C=O) groups excluding carboxylic acids is 2. The number of hydrogen-bond acceptors (Lipinski definition) is 4. The van der Waals surface area contributed by atoms with E-state index in [-0.39, 0.29) is 11.7 Å². The van der Waals surface area contributed by atoms with Crippen LogP contribution in [0.4, 0.5) is 0 Å². The summed E-state index contributed by atoms with van der Waals surface area (Å²) >= 11 is 0. The van der Waals surface area contributed by atoms with Gasteiger partial charge in [-0.3, -0.25) is 14.5 Å². The first-order chi connectivity index (χ1) is 11.1. The van der Waals surface area contributed by atoms with Gasteiger partial charge in [-0.1, -0.05) is 18.2 Å². The van der Waals surface area contributed by atoms with Crippen molar-refractivity contribution in [2.75, 3.05) is 32.7 Å². The summed E-state index contributed by atoms with van der Waals surface area (Å²) in [6, 6.07) is 7.75. The predicted octanol–water partition coefficient (Wildman–Crippen LogP) is 0.876. The summed E-state index contributed by atoms with van der Waals surface area (Å²) in [6.07, 6.45) is 0.801. The molecule has 1 amide bonds. The Bertz CT molecular complexity index is 715. The van der Waals surface area contributed by atoms with Crippen LogP contribution in [-0.4, -0.2) is 70.4 Å². The molecule has 1 saturated heterocycles. The van der Waals surface area contributed by atoms with Crippen molar-refractivity contribution in [3.05, 3.63) is 36.0 Å². The third-order valence-corrected chi connectivity index (χ3v) is 4.30. The number of carbonyl (C=O) groups is 2. The largest absolute Gasteiger partial charge is 0.384 e. The standard InChI is InChI=1S/C17H21N3O3/c1-12(21)17(23)20-8-6-19(7-9-20)11-16(22)14-10-18-15-5-3-2-4-13(14)15/h2-5,10,12,18,21H,6-9,11H2,1H3. The smallest absolute Gasteiger partial charge is 0.251 e. The topological polar surface area (TPSA) is 76.6 Å². The number of aromatic amines is 1. The van der Waals surface area contributed by atoms with E-state index in [1.165, 1.54) is 6.92 Å². The first-order valence-corrected chi connectivity index (χ1v) is 7.85. The van der Waals surface area contributed by atoms with Gasteiger partial charge in [0.15, 0.2) is 5.78 Å². The van der Waals surface area contributed by atoms with Gasteiger partial charge in [-0.05, 0) is 13.0 Å². The summed E-state index contributed by atoms with van der Waals surface area (Å²) in [5.41, 5.74) is 1.67. The van der Waals surface area contributed by atoms with E-state index in [0.717, 1.165) is 10.9 Å². The second-order valence-corrected chi connectivity index (χ2v) is 5.95. The maximum absolute atomic E-state index is 12.5. The third-order valence-electron chi connectivity index (χ3n) is 4.30. The average molecular weight is 315 g/mol. The first-order valence-electron chi connectivity index (χ1n) is 7.85. The minimum Gasteiger partial charge on any atom is -0.384 e. The summed E-state index contributed by atoms with van der Waals surface area (Å²) in [5, 5.41) is 10.3. The van der Waals surface area contributed by atoms with Gasteiger partial charge in [0.25, 0.3) is 5.91 Å². The highest BCUT2D eigenvalue weighted by Crippen LogP contribution is 2.18. The lowest BCUT2D eigenvalue weighted by Gasteiger charge is -2.34. The molecule has 1 aliphatic heterocycles. The fourth-order valence-electron chi connectivity index (χ4n) is 2.98. The molecule has 2 N–H and O–H groups in total. The number of aliphatic hydroxyl groups is 1. The van der Waals surface area contributed by atoms with Gasteiger partial charge in [0, 0.05) is 48.8 Å². The molecule has 2 heterocycles. The van der Waals surface area contributed by atoms with Crippen molar-refractivity contribution < 1.29 is 14.7 Å². The lowest BCUT2D eigenvalue weighted by molar-refractivity contribution is -0.140. The number of H-pyrrole nitrogens is 1. The Morgan fingerprint density at radius 3 is 2.61 bits per heavy atom. The molecule has 1 atom stereocenters. The summed E-state index contributed by atoms with van der Waals surface area (Å²) in [6.45, 7) is 4.21. The normalized spacial score (nSPS) is 17.4. The van der Waals surface area contributed by atoms with Crippen molar-refractivity contribution in [2.24, 2.45) is 0 Å². The van der Waals surface area contributed by atoms with E-state index in [1.54, 1.807) is 11.1 Å². The van der Waals surface area contributed by atoms with Crippen LogP contribution in [0.15, 0.2) is 30.5 Å². The van der Waals surface area contributed by atoms with Crippen LogP contribution in [0, 0.1) is 0 Å². The van der Waals surface area contributed by atoms with Gasteiger partial charge in [0.2, 0.25) is 0 Å².